The van der Waals surface area contributed by atoms with Gasteiger partial charge in [-0.1, -0.05) is 0 Å². The van der Waals surface area contributed by atoms with Crippen LogP contribution >= 0.6 is 9.90 Å². The van der Waals surface area contributed by atoms with Gasteiger partial charge in [0.1, 0.15) is 0 Å². The first-order valence-corrected chi connectivity index (χ1v) is 0. The van der Waals surface area contributed by atoms with Crippen molar-refractivity contribution in [2.45, 2.75) is 0 Å². The standard InChI is InChI=1S/Bi.Fe.Mo.Na.H3P/h;;;;1H3. The fraction of sp³-hybridized carbons (Fsp3) is 0. The van der Waals surface area contributed by atoms with Crippen molar-refractivity contribution in [3.05, 3.63) is 0 Å². The van der Waals surface area contributed by atoms with Gasteiger partial charge in [0, 0.05) is 93.9 Å². The van der Waals surface area contributed by atoms with Crippen LogP contribution in [0.1, 0.15) is 0 Å². The summed E-state index contributed by atoms with van der Waals surface area (Å²) in [6.07, 6.45) is 0. The number of rotatable bonds is 0. The van der Waals surface area contributed by atoms with Gasteiger partial charge in [0.25, 0.3) is 0 Å². The van der Waals surface area contributed by atoms with Crippen molar-refractivity contribution >= 4 is 65.7 Å². The third-order valence-corrected chi connectivity index (χ3v) is 0. The molecule has 5 heavy (non-hydrogen) atoms. The smallest absolute Gasteiger partial charge is 0 e. The average molecular weight is 418 g/mol. The minimum atomic E-state index is 0. The molecular formula is H3BiFeMoNaP. The van der Waals surface area contributed by atoms with Crippen molar-refractivity contribution in [3.8, 4) is 0 Å². The first kappa shape index (κ1) is 38.9. The molecule has 0 heterocycles. The van der Waals surface area contributed by atoms with E-state index in [0.717, 1.165) is 0 Å². The molecule has 1 atom stereocenters. The Balaban J connectivity index is 0. The van der Waals surface area contributed by atoms with E-state index in [2.05, 4.69) is 0 Å². The van der Waals surface area contributed by atoms with Gasteiger partial charge >= 0.3 is 0 Å². The Kier molecular flexibility index (Phi) is 201. The summed E-state index contributed by atoms with van der Waals surface area (Å²) in [5.41, 5.74) is 0. The molecule has 0 spiro atoms. The summed E-state index contributed by atoms with van der Waals surface area (Å²) in [5, 5.41) is 0. The van der Waals surface area contributed by atoms with Gasteiger partial charge < -0.3 is 0 Å². The molecule has 28 valence electrons. The zero-order chi connectivity index (χ0) is 0. The predicted octanol–water partition coefficient (Wildman–Crippen LogP) is -0.709. The molecular weight excluding hydrogens is 415 g/mol. The zero-order valence-corrected chi connectivity index (χ0v) is 12.9. The molecule has 0 aliphatic rings. The van der Waals surface area contributed by atoms with Gasteiger partial charge in [0.2, 0.25) is 0 Å². The molecule has 0 bridgehead atoms. The van der Waals surface area contributed by atoms with Crippen molar-refractivity contribution in [3.63, 3.8) is 0 Å². The van der Waals surface area contributed by atoms with E-state index in [9.17, 15) is 0 Å². The molecule has 0 nitrogen and oxygen atoms in total. The van der Waals surface area contributed by atoms with Crippen molar-refractivity contribution in [1.82, 2.24) is 0 Å². The van der Waals surface area contributed by atoms with Crippen molar-refractivity contribution in [2.75, 3.05) is 0 Å². The fourth-order valence-electron chi connectivity index (χ4n) is 0. The first-order valence-electron chi connectivity index (χ1n) is 0. The Labute approximate surface area is 102 Å². The molecule has 0 fully saturated rings. The van der Waals surface area contributed by atoms with Crippen LogP contribution in [0.2, 0.25) is 0 Å². The maximum absolute atomic E-state index is 0. The van der Waals surface area contributed by atoms with Gasteiger partial charge in [-0.25, -0.2) is 0 Å². The van der Waals surface area contributed by atoms with E-state index in [1.807, 2.05) is 0 Å². The maximum Gasteiger partial charge on any atom is 0 e. The summed E-state index contributed by atoms with van der Waals surface area (Å²) < 4.78 is 0. The van der Waals surface area contributed by atoms with Crippen LogP contribution in [0.25, 0.3) is 0 Å². The van der Waals surface area contributed by atoms with E-state index in [-0.39, 0.29) is 104 Å². The molecule has 5 heteroatoms. The van der Waals surface area contributed by atoms with Crippen LogP contribution in [0.3, 0.4) is 0 Å². The summed E-state index contributed by atoms with van der Waals surface area (Å²) in [4.78, 5) is 0. The van der Waals surface area contributed by atoms with Crippen molar-refractivity contribution in [2.24, 2.45) is 0 Å². The fourth-order valence-corrected chi connectivity index (χ4v) is 0. The van der Waals surface area contributed by atoms with E-state index >= 15 is 0 Å². The second-order valence-electron chi connectivity index (χ2n) is 0. The molecule has 4 radical (unpaired) electrons. The SMILES string of the molecule is P.[Bi].[Fe].[Mo].[Na]. The molecule has 0 amide bonds. The van der Waals surface area contributed by atoms with Crippen LogP contribution in [-0.4, -0.2) is 55.8 Å². The monoisotopic (exact) mass is 420 g/mol. The molecule has 0 aromatic carbocycles. The van der Waals surface area contributed by atoms with Gasteiger partial charge in [0.05, 0.1) is 0 Å². The Hall–Kier alpha value is 3.52. The number of hydrogen-bond donors (Lipinski definition) is 0. The summed E-state index contributed by atoms with van der Waals surface area (Å²) in [5.74, 6) is 0. The van der Waals surface area contributed by atoms with Crippen LogP contribution in [0, 0.1) is 0 Å². The molecule has 1 unspecified atom stereocenters. The van der Waals surface area contributed by atoms with E-state index in [0.29, 0.717) is 0 Å². The van der Waals surface area contributed by atoms with Crippen molar-refractivity contribution in [1.29, 1.82) is 0 Å². The van der Waals surface area contributed by atoms with E-state index in [1.54, 1.807) is 0 Å². The Morgan fingerprint density at radius 3 is 1.00 bits per heavy atom. The minimum Gasteiger partial charge on any atom is -0.153 e. The largest absolute Gasteiger partial charge is 0.153 e. The maximum atomic E-state index is 0. The van der Waals surface area contributed by atoms with Crippen LogP contribution in [0.15, 0.2) is 0 Å². The Bertz CT molecular complexity index is 11.6. The Morgan fingerprint density at radius 2 is 1.00 bits per heavy atom. The van der Waals surface area contributed by atoms with E-state index in [1.165, 1.54) is 0 Å². The van der Waals surface area contributed by atoms with Gasteiger partial charge in [-0.15, -0.1) is 0 Å². The zero-order valence-electron chi connectivity index (χ0n) is 2.92. The van der Waals surface area contributed by atoms with E-state index in [4.69, 9.17) is 0 Å². The first-order chi connectivity index (χ1) is 0. The topological polar surface area (TPSA) is 0 Å². The molecule has 0 saturated carbocycles. The number of hydrogen-bond acceptors (Lipinski definition) is 0. The third-order valence-electron chi connectivity index (χ3n) is 0. The quantitative estimate of drug-likeness (QED) is 0.361. The average Bonchev–Trinajstić information content (AvgIpc) is 0. The predicted molar refractivity (Wildman–Crippen MR) is 22.6 cm³/mol. The van der Waals surface area contributed by atoms with Gasteiger partial charge in [-0.05, 0) is 0 Å². The van der Waals surface area contributed by atoms with Crippen LogP contribution in [-0.2, 0) is 38.1 Å². The Morgan fingerprint density at radius 1 is 1.00 bits per heavy atom. The summed E-state index contributed by atoms with van der Waals surface area (Å²) >= 11 is 0. The van der Waals surface area contributed by atoms with Gasteiger partial charge in [0.15, 0.2) is 0 Å². The van der Waals surface area contributed by atoms with Crippen LogP contribution in [0.5, 0.6) is 0 Å². The van der Waals surface area contributed by atoms with Crippen molar-refractivity contribution < 1.29 is 38.1 Å². The summed E-state index contributed by atoms with van der Waals surface area (Å²) in [6, 6.07) is 0. The molecule has 0 aromatic rings. The molecule has 0 N–H and O–H groups in total. The van der Waals surface area contributed by atoms with E-state index < -0.39 is 0 Å². The second kappa shape index (κ2) is 25.8. The molecule has 0 saturated heterocycles. The normalized spacial score (nSPS) is 0. The van der Waals surface area contributed by atoms with Crippen LogP contribution in [0.4, 0.5) is 0 Å². The second-order valence-corrected chi connectivity index (χ2v) is 0. The van der Waals surface area contributed by atoms with Gasteiger partial charge in [-0.3, -0.25) is 0 Å². The minimum absolute atomic E-state index is 0. The summed E-state index contributed by atoms with van der Waals surface area (Å²) in [7, 11) is 0. The van der Waals surface area contributed by atoms with Crippen LogP contribution < -0.4 is 0 Å². The molecule has 0 aliphatic carbocycles. The molecule has 0 rings (SSSR count). The summed E-state index contributed by atoms with van der Waals surface area (Å²) in [6.45, 7) is 0. The third kappa shape index (κ3) is 18.5. The molecule has 0 aliphatic heterocycles. The van der Waals surface area contributed by atoms with Gasteiger partial charge in [-0.2, -0.15) is 9.90 Å². The molecule has 0 aromatic heterocycles.